The van der Waals surface area contributed by atoms with Crippen LogP contribution in [-0.4, -0.2) is 32.9 Å². The minimum Gasteiger partial charge on any atom is -0.404 e. The van der Waals surface area contributed by atoms with Crippen LogP contribution in [-0.2, 0) is 7.05 Å². The summed E-state index contributed by atoms with van der Waals surface area (Å²) in [5, 5.41) is 3.34. The number of hydrogen-bond acceptors (Lipinski definition) is 6. The number of nitrogens with one attached hydrogen (secondary N) is 1. The van der Waals surface area contributed by atoms with Crippen LogP contribution in [0.5, 0.6) is 5.75 Å². The number of benzene rings is 2. The molecule has 0 amide bonds. The average Bonchev–Trinajstić information content (AvgIpc) is 3.10. The SMILES string of the molecule is Cn1cc(-c2ccnc(Nc3cc(N)c(C(=O)C(F)(F)F)cc3OC(F)(F)F)n2)c2ccccc21. The fourth-order valence-corrected chi connectivity index (χ4v) is 3.49. The van der Waals surface area contributed by atoms with Gasteiger partial charge >= 0.3 is 12.5 Å². The zero-order valence-corrected chi connectivity index (χ0v) is 17.7. The van der Waals surface area contributed by atoms with Crippen molar-refractivity contribution in [3.05, 3.63) is 60.4 Å². The molecule has 2 aromatic heterocycles. The lowest BCUT2D eigenvalue weighted by atomic mass is 10.1. The van der Waals surface area contributed by atoms with Gasteiger partial charge in [-0.1, -0.05) is 18.2 Å². The van der Waals surface area contributed by atoms with E-state index in [9.17, 15) is 31.1 Å². The highest BCUT2D eigenvalue weighted by atomic mass is 19.4. The Hall–Kier alpha value is -4.29. The van der Waals surface area contributed by atoms with Crippen LogP contribution in [0.3, 0.4) is 0 Å². The predicted octanol–water partition coefficient (Wildman–Crippen LogP) is 5.60. The van der Waals surface area contributed by atoms with Crippen molar-refractivity contribution in [3.8, 4) is 17.0 Å². The minimum absolute atomic E-state index is 0.184. The number of Topliss-reactive ketones (excluding diaryl/α,β-unsaturated/α-hetero) is 1. The summed E-state index contributed by atoms with van der Waals surface area (Å²) < 4.78 is 83.1. The maximum atomic E-state index is 12.9. The number of anilines is 3. The highest BCUT2D eigenvalue weighted by Gasteiger charge is 2.41. The molecule has 0 fully saturated rings. The van der Waals surface area contributed by atoms with Gasteiger partial charge in [0.15, 0.2) is 5.75 Å². The van der Waals surface area contributed by atoms with Gasteiger partial charge < -0.3 is 20.4 Å². The topological polar surface area (TPSA) is 95.1 Å². The van der Waals surface area contributed by atoms with Crippen molar-refractivity contribution >= 4 is 34.0 Å². The second kappa shape index (κ2) is 8.49. The van der Waals surface area contributed by atoms with Gasteiger partial charge in [-0.05, 0) is 24.3 Å². The van der Waals surface area contributed by atoms with Crippen LogP contribution in [0.25, 0.3) is 22.2 Å². The number of nitrogens with zero attached hydrogens (tertiary/aromatic N) is 3. The molecule has 0 spiro atoms. The summed E-state index contributed by atoms with van der Waals surface area (Å²) in [4.78, 5) is 19.9. The number of alkyl halides is 6. The first kappa shape index (κ1) is 23.9. The first-order valence-corrected chi connectivity index (χ1v) is 9.79. The summed E-state index contributed by atoms with van der Waals surface area (Å²) in [6, 6.07) is 10.0. The Morgan fingerprint density at radius 2 is 1.80 bits per heavy atom. The average molecular weight is 495 g/mol. The molecule has 4 aromatic rings. The number of nitrogen functional groups attached to an aromatic ring is 1. The van der Waals surface area contributed by atoms with Crippen molar-refractivity contribution in [2.45, 2.75) is 12.5 Å². The van der Waals surface area contributed by atoms with E-state index in [0.29, 0.717) is 17.3 Å². The van der Waals surface area contributed by atoms with E-state index in [4.69, 9.17) is 5.73 Å². The largest absolute Gasteiger partial charge is 0.573 e. The van der Waals surface area contributed by atoms with E-state index in [1.807, 2.05) is 42.1 Å². The maximum absolute atomic E-state index is 12.9. The molecule has 0 atom stereocenters. The molecule has 0 aliphatic carbocycles. The van der Waals surface area contributed by atoms with Gasteiger partial charge in [-0.3, -0.25) is 4.79 Å². The number of rotatable bonds is 5. The third kappa shape index (κ3) is 4.98. The molecule has 3 N–H and O–H groups in total. The molecule has 4 rings (SSSR count). The summed E-state index contributed by atoms with van der Waals surface area (Å²) in [7, 11) is 1.83. The summed E-state index contributed by atoms with van der Waals surface area (Å²) in [6.45, 7) is 0. The third-order valence-corrected chi connectivity index (χ3v) is 4.95. The van der Waals surface area contributed by atoms with E-state index in [1.54, 1.807) is 6.07 Å². The Balaban J connectivity index is 1.76. The number of carbonyl (C=O) groups excluding carboxylic acids is 1. The Morgan fingerprint density at radius 3 is 2.49 bits per heavy atom. The number of nitrogens with two attached hydrogens (primary N) is 1. The van der Waals surface area contributed by atoms with Crippen LogP contribution in [0.15, 0.2) is 54.9 Å². The molecule has 35 heavy (non-hydrogen) atoms. The van der Waals surface area contributed by atoms with Gasteiger partial charge in [-0.2, -0.15) is 13.2 Å². The van der Waals surface area contributed by atoms with E-state index in [1.165, 1.54) is 6.20 Å². The molecular weight excluding hydrogens is 480 g/mol. The number of aryl methyl sites for hydroxylation is 1. The normalized spacial score (nSPS) is 12.1. The summed E-state index contributed by atoms with van der Waals surface area (Å²) in [6.07, 6.45) is -7.46. The van der Waals surface area contributed by atoms with Crippen molar-refractivity contribution in [1.29, 1.82) is 0 Å². The number of ether oxygens (including phenoxy) is 1. The van der Waals surface area contributed by atoms with Crippen LogP contribution >= 0.6 is 0 Å². The highest BCUT2D eigenvalue weighted by molar-refractivity contribution is 6.05. The Labute approximate surface area is 193 Å². The molecule has 7 nitrogen and oxygen atoms in total. The maximum Gasteiger partial charge on any atom is 0.573 e. The van der Waals surface area contributed by atoms with Crippen LogP contribution in [0, 0.1) is 0 Å². The lowest BCUT2D eigenvalue weighted by Crippen LogP contribution is -2.24. The number of carbonyl (C=O) groups is 1. The molecule has 182 valence electrons. The van der Waals surface area contributed by atoms with Crippen LogP contribution < -0.4 is 15.8 Å². The van der Waals surface area contributed by atoms with E-state index in [2.05, 4.69) is 20.0 Å². The number of halogens is 6. The standard InChI is InChI=1S/C22H15F6N5O2/c1-33-10-13(11-4-2-3-5-17(11)33)15-6-7-30-20(31-15)32-16-9-14(29)12(19(34)21(23,24)25)8-18(16)35-22(26,27)28/h2-10H,29H2,1H3,(H,30,31,32). The first-order chi connectivity index (χ1) is 16.3. The number of aromatic nitrogens is 3. The van der Waals surface area contributed by atoms with Gasteiger partial charge in [0.1, 0.15) is 0 Å². The Morgan fingerprint density at radius 1 is 1.09 bits per heavy atom. The molecule has 0 saturated carbocycles. The molecule has 0 saturated heterocycles. The second-order valence-electron chi connectivity index (χ2n) is 7.37. The number of ketones is 1. The van der Waals surface area contributed by atoms with Crippen molar-refractivity contribution in [1.82, 2.24) is 14.5 Å². The molecule has 2 aromatic carbocycles. The molecule has 0 unspecified atom stereocenters. The molecule has 13 heteroatoms. The second-order valence-corrected chi connectivity index (χ2v) is 7.37. The van der Waals surface area contributed by atoms with Gasteiger partial charge in [0, 0.05) is 41.6 Å². The van der Waals surface area contributed by atoms with Gasteiger partial charge in [-0.25, -0.2) is 9.97 Å². The molecule has 0 bridgehead atoms. The summed E-state index contributed by atoms with van der Waals surface area (Å²) in [5.41, 5.74) is 5.21. The van der Waals surface area contributed by atoms with Crippen molar-refractivity contribution in [2.75, 3.05) is 11.1 Å². The lowest BCUT2D eigenvalue weighted by molar-refractivity contribution is -0.274. The predicted molar refractivity (Wildman–Crippen MR) is 115 cm³/mol. The fourth-order valence-electron chi connectivity index (χ4n) is 3.49. The van der Waals surface area contributed by atoms with E-state index in [0.717, 1.165) is 10.9 Å². The lowest BCUT2D eigenvalue weighted by Gasteiger charge is -2.17. The van der Waals surface area contributed by atoms with Gasteiger partial charge in [0.2, 0.25) is 5.95 Å². The molecule has 0 aliphatic heterocycles. The Bertz CT molecular complexity index is 1430. The highest BCUT2D eigenvalue weighted by Crippen LogP contribution is 2.38. The van der Waals surface area contributed by atoms with Crippen molar-refractivity contribution < 1.29 is 35.9 Å². The number of hydrogen-bond donors (Lipinski definition) is 2. The van der Waals surface area contributed by atoms with Crippen LogP contribution in [0.2, 0.25) is 0 Å². The number of para-hydroxylation sites is 1. The van der Waals surface area contributed by atoms with Gasteiger partial charge in [0.25, 0.3) is 5.78 Å². The molecular formula is C22H15F6N5O2. The summed E-state index contributed by atoms with van der Waals surface area (Å²) in [5.74, 6) is -3.71. The van der Waals surface area contributed by atoms with E-state index >= 15 is 0 Å². The van der Waals surface area contributed by atoms with Gasteiger partial charge in [0.05, 0.1) is 16.9 Å². The Kier molecular flexibility index (Phi) is 5.79. The number of fused-ring (bicyclic) bond motifs is 1. The zero-order chi connectivity index (χ0) is 25.5. The molecule has 0 aliphatic rings. The van der Waals surface area contributed by atoms with Crippen LogP contribution in [0.1, 0.15) is 10.4 Å². The third-order valence-electron chi connectivity index (χ3n) is 4.95. The van der Waals surface area contributed by atoms with E-state index in [-0.39, 0.29) is 12.0 Å². The quantitative estimate of drug-likeness (QED) is 0.213. The minimum atomic E-state index is -5.35. The summed E-state index contributed by atoms with van der Waals surface area (Å²) >= 11 is 0. The zero-order valence-electron chi connectivity index (χ0n) is 17.7. The monoisotopic (exact) mass is 495 g/mol. The fraction of sp³-hybridized carbons (Fsp3) is 0.136. The first-order valence-electron chi connectivity index (χ1n) is 9.79. The smallest absolute Gasteiger partial charge is 0.404 e. The van der Waals surface area contributed by atoms with Gasteiger partial charge in [-0.15, -0.1) is 13.2 Å². The molecule has 0 radical (unpaired) electrons. The van der Waals surface area contributed by atoms with E-state index < -0.39 is 41.0 Å². The van der Waals surface area contributed by atoms with Crippen LogP contribution in [0.4, 0.5) is 43.7 Å². The van der Waals surface area contributed by atoms with Crippen molar-refractivity contribution in [3.63, 3.8) is 0 Å². The molecule has 2 heterocycles. The van der Waals surface area contributed by atoms with Crippen molar-refractivity contribution in [2.24, 2.45) is 7.05 Å².